The van der Waals surface area contributed by atoms with Crippen molar-refractivity contribution in [3.05, 3.63) is 11.3 Å². The average Bonchev–Trinajstić information content (AvgIpc) is 2.20. The van der Waals surface area contributed by atoms with Gasteiger partial charge in [-0.1, -0.05) is 0 Å². The number of rotatable bonds is 1. The lowest BCUT2D eigenvalue weighted by Gasteiger charge is -2.32. The van der Waals surface area contributed by atoms with Crippen LogP contribution in [0.15, 0.2) is 11.3 Å². The minimum atomic E-state index is -0.843. The van der Waals surface area contributed by atoms with E-state index in [-0.39, 0.29) is 5.73 Å². The summed E-state index contributed by atoms with van der Waals surface area (Å²) in [6.07, 6.45) is 0. The first kappa shape index (κ1) is 11.7. The van der Waals surface area contributed by atoms with Crippen LogP contribution >= 0.6 is 0 Å². The molecule has 0 saturated carbocycles. The normalized spacial score (nSPS) is 23.8. The number of halogens is 1. The number of hydrogen-bond acceptors (Lipinski definition) is 2. The molecule has 0 atom stereocenters. The first-order valence-corrected chi connectivity index (χ1v) is 4.86. The second-order valence-electron chi connectivity index (χ2n) is 4.94. The van der Waals surface area contributed by atoms with Gasteiger partial charge in [0.05, 0.1) is 11.2 Å². The van der Waals surface area contributed by atoms with Crippen LogP contribution in [0.1, 0.15) is 41.5 Å². The fraction of sp³-hybridized carbons (Fsp3) is 0.800. The van der Waals surface area contributed by atoms with Crippen molar-refractivity contribution in [2.24, 2.45) is 0 Å². The zero-order chi connectivity index (χ0) is 11.1. The Morgan fingerprint density at radius 3 is 1.64 bits per heavy atom. The molecule has 0 unspecified atom stereocenters. The summed E-state index contributed by atoms with van der Waals surface area (Å²) in [7, 11) is -0.843. The molecule has 1 aliphatic heterocycles. The fourth-order valence-electron chi connectivity index (χ4n) is 1.18. The van der Waals surface area contributed by atoms with Crippen LogP contribution in [0.3, 0.4) is 0 Å². The molecule has 1 heterocycles. The quantitative estimate of drug-likeness (QED) is 0.606. The van der Waals surface area contributed by atoms with Crippen LogP contribution in [0.25, 0.3) is 0 Å². The Morgan fingerprint density at radius 1 is 1.00 bits per heavy atom. The molecule has 4 heteroatoms. The van der Waals surface area contributed by atoms with Crippen molar-refractivity contribution in [3.8, 4) is 0 Å². The van der Waals surface area contributed by atoms with E-state index in [1.165, 1.54) is 0 Å². The first-order chi connectivity index (χ1) is 6.17. The van der Waals surface area contributed by atoms with Crippen molar-refractivity contribution >= 4 is 7.12 Å². The summed E-state index contributed by atoms with van der Waals surface area (Å²) in [5.41, 5.74) is -0.651. The van der Waals surface area contributed by atoms with Crippen molar-refractivity contribution in [2.75, 3.05) is 0 Å². The first-order valence-electron chi connectivity index (χ1n) is 4.86. The lowest BCUT2D eigenvalue weighted by molar-refractivity contribution is 0.00578. The zero-order valence-corrected chi connectivity index (χ0v) is 9.77. The Morgan fingerprint density at radius 2 is 1.36 bits per heavy atom. The van der Waals surface area contributed by atoms with Crippen molar-refractivity contribution < 1.29 is 13.7 Å². The molecule has 0 aromatic carbocycles. The van der Waals surface area contributed by atoms with Gasteiger partial charge in [-0.3, -0.25) is 0 Å². The maximum Gasteiger partial charge on any atom is 0.525 e. The molecule has 0 bridgehead atoms. The molecular weight excluding hydrogens is 182 g/mol. The topological polar surface area (TPSA) is 18.5 Å². The van der Waals surface area contributed by atoms with Crippen molar-refractivity contribution in [3.63, 3.8) is 0 Å². The van der Waals surface area contributed by atoms with Gasteiger partial charge >= 0.3 is 7.12 Å². The van der Waals surface area contributed by atoms with E-state index in [9.17, 15) is 4.39 Å². The van der Waals surface area contributed by atoms with Gasteiger partial charge < -0.3 is 9.31 Å². The number of hydrogen-bond donors (Lipinski definition) is 0. The van der Waals surface area contributed by atoms with E-state index in [1.54, 1.807) is 13.8 Å². The molecule has 0 radical (unpaired) electrons. The van der Waals surface area contributed by atoms with E-state index in [0.29, 0.717) is 5.57 Å². The lowest BCUT2D eigenvalue weighted by atomic mass is 9.85. The Balaban J connectivity index is 2.89. The van der Waals surface area contributed by atoms with E-state index in [4.69, 9.17) is 9.31 Å². The van der Waals surface area contributed by atoms with E-state index in [0.717, 1.165) is 0 Å². The van der Waals surface area contributed by atoms with Gasteiger partial charge in [0, 0.05) is 0 Å². The molecule has 0 aromatic heterocycles. The van der Waals surface area contributed by atoms with E-state index in [2.05, 4.69) is 0 Å². The highest BCUT2D eigenvalue weighted by Crippen LogP contribution is 2.39. The summed E-state index contributed by atoms with van der Waals surface area (Å²) in [5.74, 6) is 0. The van der Waals surface area contributed by atoms with Gasteiger partial charge in [-0.25, -0.2) is 4.39 Å². The summed E-state index contributed by atoms with van der Waals surface area (Å²) < 4.78 is 24.6. The van der Waals surface area contributed by atoms with Crippen molar-refractivity contribution in [2.45, 2.75) is 52.7 Å². The molecule has 1 saturated heterocycles. The van der Waals surface area contributed by atoms with E-state index in [1.807, 2.05) is 27.7 Å². The monoisotopic (exact) mass is 200 g/mol. The van der Waals surface area contributed by atoms with Crippen LogP contribution in [-0.2, 0) is 9.31 Å². The second-order valence-corrected chi connectivity index (χ2v) is 4.94. The summed E-state index contributed by atoms with van der Waals surface area (Å²) in [5, 5.41) is 0. The Bertz CT molecular complexity index is 251. The van der Waals surface area contributed by atoms with Gasteiger partial charge in [-0.15, -0.1) is 0 Å². The van der Waals surface area contributed by atoms with Crippen LogP contribution in [0, 0.1) is 0 Å². The van der Waals surface area contributed by atoms with Gasteiger partial charge in [0.1, 0.15) is 5.73 Å². The molecule has 0 spiro atoms. The van der Waals surface area contributed by atoms with Crippen molar-refractivity contribution in [1.82, 2.24) is 0 Å². The zero-order valence-electron chi connectivity index (χ0n) is 9.77. The Kier molecular flexibility index (Phi) is 2.81. The number of allylic oxidation sites excluding steroid dienone is 1. The Labute approximate surface area is 85.6 Å². The average molecular weight is 200 g/mol. The highest BCUT2D eigenvalue weighted by molar-refractivity contribution is 6.53. The van der Waals surface area contributed by atoms with E-state index >= 15 is 0 Å². The van der Waals surface area contributed by atoms with Gasteiger partial charge in [0.15, 0.2) is 0 Å². The summed E-state index contributed by atoms with van der Waals surface area (Å²) in [6.45, 7) is 11.0. The molecule has 0 aromatic rings. The minimum Gasteiger partial charge on any atom is -0.398 e. The Hall–Kier alpha value is -0.345. The van der Waals surface area contributed by atoms with Crippen LogP contribution < -0.4 is 0 Å². The maximum atomic E-state index is 13.5. The predicted octanol–water partition coefficient (Wildman–Crippen LogP) is 2.88. The molecule has 1 rings (SSSR count). The van der Waals surface area contributed by atoms with Crippen LogP contribution in [-0.4, -0.2) is 18.3 Å². The maximum absolute atomic E-state index is 13.5. The molecular formula is C10H18BFO2. The molecule has 14 heavy (non-hydrogen) atoms. The molecule has 80 valence electrons. The minimum absolute atomic E-state index is 0.316. The second kappa shape index (κ2) is 3.35. The van der Waals surface area contributed by atoms with Crippen LogP contribution in [0.5, 0.6) is 0 Å². The van der Waals surface area contributed by atoms with Crippen molar-refractivity contribution in [1.29, 1.82) is 0 Å². The molecule has 1 fully saturated rings. The third-order valence-corrected chi connectivity index (χ3v) is 2.94. The van der Waals surface area contributed by atoms with Gasteiger partial charge in [0.2, 0.25) is 0 Å². The molecule has 1 aliphatic rings. The molecule has 0 N–H and O–H groups in total. The third-order valence-electron chi connectivity index (χ3n) is 2.94. The van der Waals surface area contributed by atoms with Gasteiger partial charge in [-0.2, -0.15) is 0 Å². The highest BCUT2D eigenvalue weighted by Gasteiger charge is 2.53. The highest BCUT2D eigenvalue weighted by atomic mass is 19.1. The van der Waals surface area contributed by atoms with Gasteiger partial charge in [0.25, 0.3) is 0 Å². The van der Waals surface area contributed by atoms with Crippen LogP contribution in [0.2, 0.25) is 0 Å². The van der Waals surface area contributed by atoms with Gasteiger partial charge in [-0.05, 0) is 47.1 Å². The lowest BCUT2D eigenvalue weighted by Crippen LogP contribution is -2.41. The third kappa shape index (κ3) is 1.86. The summed E-state index contributed by atoms with van der Waals surface area (Å²) >= 11 is 0. The molecule has 2 nitrogen and oxygen atoms in total. The largest absolute Gasteiger partial charge is 0.525 e. The standard InChI is InChI=1S/C10H18BFO2/c1-7(2)8(12)11-13-9(3,4)10(5,6)14-11/h1-6H3. The SMILES string of the molecule is CC(C)=C(F)B1OC(C)(C)C(C)(C)O1. The van der Waals surface area contributed by atoms with Crippen LogP contribution in [0.4, 0.5) is 4.39 Å². The summed E-state index contributed by atoms with van der Waals surface area (Å²) in [4.78, 5) is 0. The smallest absolute Gasteiger partial charge is 0.398 e. The van der Waals surface area contributed by atoms with E-state index < -0.39 is 18.3 Å². The summed E-state index contributed by atoms with van der Waals surface area (Å²) in [6, 6.07) is 0. The molecule has 0 aliphatic carbocycles. The fourth-order valence-corrected chi connectivity index (χ4v) is 1.18. The predicted molar refractivity (Wildman–Crippen MR) is 55.6 cm³/mol. The molecule has 0 amide bonds.